The van der Waals surface area contributed by atoms with Gasteiger partial charge < -0.3 is 10.4 Å². The second-order valence-electron chi connectivity index (χ2n) is 9.84. The van der Waals surface area contributed by atoms with Crippen molar-refractivity contribution in [2.75, 3.05) is 6.54 Å². The van der Waals surface area contributed by atoms with Crippen LogP contribution in [0.3, 0.4) is 0 Å². The topological polar surface area (TPSA) is 101 Å². The zero-order valence-electron chi connectivity index (χ0n) is 21.8. The summed E-state index contributed by atoms with van der Waals surface area (Å²) in [5.74, 6) is -1.73. The monoisotopic (exact) mass is 577 g/mol. The lowest BCUT2D eigenvalue weighted by Gasteiger charge is -2.22. The van der Waals surface area contributed by atoms with Gasteiger partial charge >= 0.3 is 5.97 Å². The molecule has 0 spiro atoms. The first-order valence-electron chi connectivity index (χ1n) is 13.2. The number of hydrogen-bond donors (Lipinski definition) is 2. The molecule has 206 valence electrons. The average Bonchev–Trinajstić information content (AvgIpc) is 2.95. The van der Waals surface area contributed by atoms with E-state index in [9.17, 15) is 19.2 Å². The lowest BCUT2D eigenvalue weighted by atomic mass is 9.84. The van der Waals surface area contributed by atoms with E-state index < -0.39 is 17.7 Å². The second-order valence-corrected chi connectivity index (χ2v) is 10.7. The summed E-state index contributed by atoms with van der Waals surface area (Å²) in [6.07, 6.45) is 7.12. The van der Waals surface area contributed by atoms with Crippen LogP contribution in [0.1, 0.15) is 86.6 Å². The molecule has 3 aromatic carbocycles. The van der Waals surface area contributed by atoms with Gasteiger partial charge in [0.2, 0.25) is 0 Å². The van der Waals surface area contributed by atoms with Gasteiger partial charge in [-0.3, -0.25) is 19.2 Å². The van der Waals surface area contributed by atoms with Gasteiger partial charge in [-0.05, 0) is 66.3 Å². The molecule has 1 aliphatic carbocycles. The van der Waals surface area contributed by atoms with Gasteiger partial charge in [0.05, 0.1) is 6.42 Å². The molecular formula is C32H29Cl2NO5. The largest absolute Gasteiger partial charge is 0.481 e. The van der Waals surface area contributed by atoms with Gasteiger partial charge in [-0.25, -0.2) is 0 Å². The van der Waals surface area contributed by atoms with E-state index in [1.165, 1.54) is 61.2 Å². The minimum atomic E-state index is -1.02. The molecule has 1 saturated carbocycles. The number of hydrogen-bond acceptors (Lipinski definition) is 4. The Balaban J connectivity index is 1.60. The van der Waals surface area contributed by atoms with Crippen molar-refractivity contribution in [2.45, 2.75) is 44.4 Å². The second kappa shape index (κ2) is 13.6. The van der Waals surface area contributed by atoms with Gasteiger partial charge in [-0.1, -0.05) is 78.9 Å². The highest BCUT2D eigenvalue weighted by atomic mass is 35.5. The van der Waals surface area contributed by atoms with Crippen molar-refractivity contribution in [2.24, 2.45) is 0 Å². The van der Waals surface area contributed by atoms with Crippen molar-refractivity contribution in [1.82, 2.24) is 5.32 Å². The number of amides is 1. The molecule has 4 rings (SSSR count). The molecule has 1 fully saturated rings. The van der Waals surface area contributed by atoms with Crippen LogP contribution in [0.15, 0.2) is 72.8 Å². The van der Waals surface area contributed by atoms with Gasteiger partial charge in [0.1, 0.15) is 0 Å². The van der Waals surface area contributed by atoms with E-state index in [1.54, 1.807) is 24.3 Å². The lowest BCUT2D eigenvalue weighted by Crippen LogP contribution is -2.26. The minimum Gasteiger partial charge on any atom is -0.481 e. The number of rotatable bonds is 10. The summed E-state index contributed by atoms with van der Waals surface area (Å²) >= 11 is 12.4. The highest BCUT2D eigenvalue weighted by molar-refractivity contribution is 6.37. The van der Waals surface area contributed by atoms with Crippen LogP contribution in [0.2, 0.25) is 10.0 Å². The molecular weight excluding hydrogens is 549 g/mol. The third-order valence-corrected chi connectivity index (χ3v) is 7.44. The molecule has 2 N–H and O–H groups in total. The molecule has 0 bridgehead atoms. The Morgan fingerprint density at radius 1 is 0.775 bits per heavy atom. The van der Waals surface area contributed by atoms with Crippen molar-refractivity contribution in [3.63, 3.8) is 0 Å². The first-order valence-corrected chi connectivity index (χ1v) is 13.9. The number of carboxylic acid groups (broad SMARTS) is 1. The van der Waals surface area contributed by atoms with E-state index >= 15 is 0 Å². The molecule has 0 saturated heterocycles. The maximum absolute atomic E-state index is 13.7. The van der Waals surface area contributed by atoms with Crippen molar-refractivity contribution in [1.29, 1.82) is 0 Å². The van der Waals surface area contributed by atoms with Crippen LogP contribution in [0.25, 0.3) is 5.57 Å². The van der Waals surface area contributed by atoms with Crippen LogP contribution in [0, 0.1) is 0 Å². The normalized spacial score (nSPS) is 14.0. The molecule has 0 heterocycles. The number of benzene rings is 3. The van der Waals surface area contributed by atoms with E-state index in [0.29, 0.717) is 27.1 Å². The molecule has 1 aliphatic rings. The molecule has 0 aromatic heterocycles. The Hall–Kier alpha value is -3.74. The Bertz CT molecular complexity index is 1420. The summed E-state index contributed by atoms with van der Waals surface area (Å²) in [4.78, 5) is 49.9. The van der Waals surface area contributed by atoms with Crippen LogP contribution in [-0.4, -0.2) is 35.1 Å². The van der Waals surface area contributed by atoms with Gasteiger partial charge in [0.25, 0.3) is 5.91 Å². The summed E-state index contributed by atoms with van der Waals surface area (Å²) in [5, 5.41) is 11.9. The molecule has 0 aliphatic heterocycles. The summed E-state index contributed by atoms with van der Waals surface area (Å²) in [6.45, 7) is -0.0129. The number of Topliss-reactive ketones (excluding diaryl/α,β-unsaturated/α-hetero) is 1. The van der Waals surface area contributed by atoms with Crippen LogP contribution in [-0.2, 0) is 4.79 Å². The number of carboxylic acids is 1. The quantitative estimate of drug-likeness (QED) is 0.193. The van der Waals surface area contributed by atoms with Crippen LogP contribution in [0.4, 0.5) is 0 Å². The summed E-state index contributed by atoms with van der Waals surface area (Å²) in [6, 6.07) is 18.2. The highest BCUT2D eigenvalue weighted by Crippen LogP contribution is 2.33. The third kappa shape index (κ3) is 7.68. The van der Waals surface area contributed by atoms with Crippen LogP contribution < -0.4 is 5.32 Å². The Morgan fingerprint density at radius 2 is 1.35 bits per heavy atom. The number of nitrogens with one attached hydrogen (secondary N) is 1. The maximum atomic E-state index is 13.7. The van der Waals surface area contributed by atoms with Crippen LogP contribution in [0.5, 0.6) is 0 Å². The fourth-order valence-corrected chi connectivity index (χ4v) is 5.40. The zero-order valence-corrected chi connectivity index (χ0v) is 23.3. The summed E-state index contributed by atoms with van der Waals surface area (Å²) in [7, 11) is 0. The Morgan fingerprint density at radius 3 is 1.95 bits per heavy atom. The van der Waals surface area contributed by atoms with E-state index in [-0.39, 0.29) is 35.4 Å². The number of ketones is 2. The van der Waals surface area contributed by atoms with Gasteiger partial charge in [0, 0.05) is 38.9 Å². The first-order chi connectivity index (χ1) is 19.2. The lowest BCUT2D eigenvalue weighted by molar-refractivity contribution is -0.136. The molecule has 40 heavy (non-hydrogen) atoms. The van der Waals surface area contributed by atoms with Crippen molar-refractivity contribution in [3.05, 3.63) is 111 Å². The zero-order chi connectivity index (χ0) is 28.6. The number of halogens is 2. The van der Waals surface area contributed by atoms with E-state index in [0.717, 1.165) is 12.8 Å². The van der Waals surface area contributed by atoms with Crippen molar-refractivity contribution >= 4 is 52.2 Å². The van der Waals surface area contributed by atoms with Gasteiger partial charge in [0.15, 0.2) is 11.6 Å². The van der Waals surface area contributed by atoms with E-state index in [2.05, 4.69) is 5.32 Å². The summed E-state index contributed by atoms with van der Waals surface area (Å²) in [5.41, 5.74) is 2.73. The van der Waals surface area contributed by atoms with Crippen molar-refractivity contribution < 1.29 is 24.3 Å². The number of allylic oxidation sites excluding steroid dienone is 2. The predicted molar refractivity (Wildman–Crippen MR) is 156 cm³/mol. The fourth-order valence-electron chi connectivity index (χ4n) is 4.87. The van der Waals surface area contributed by atoms with E-state index in [4.69, 9.17) is 28.3 Å². The molecule has 3 aromatic rings. The molecule has 0 unspecified atom stereocenters. The molecule has 8 heteroatoms. The standard InChI is InChI=1S/C32H29Cl2NO5/c33-26-16-25(17-27(34)18-26)28(19-29(36)22-8-6-21(7-9-22)20-4-2-1-3-5-20)31(39)23-10-12-24(13-11-23)32(40)35-15-14-30(37)38/h6-13,16-20H,1-5,14-15H2,(H,35,40)(H,37,38)/b28-19-. The number of aliphatic carboxylic acids is 1. The molecule has 0 radical (unpaired) electrons. The molecule has 0 atom stereocenters. The average molecular weight is 578 g/mol. The maximum Gasteiger partial charge on any atom is 0.305 e. The van der Waals surface area contributed by atoms with Crippen LogP contribution >= 0.6 is 23.2 Å². The smallest absolute Gasteiger partial charge is 0.305 e. The predicted octanol–water partition coefficient (Wildman–Crippen LogP) is 7.39. The van der Waals surface area contributed by atoms with E-state index in [1.807, 2.05) is 12.1 Å². The number of carbonyl (C=O) groups is 4. The Labute approximate surface area is 243 Å². The highest BCUT2D eigenvalue weighted by Gasteiger charge is 2.20. The van der Waals surface area contributed by atoms with Gasteiger partial charge in [-0.2, -0.15) is 0 Å². The fraction of sp³-hybridized carbons (Fsp3) is 0.250. The first kappa shape index (κ1) is 29.2. The van der Waals surface area contributed by atoms with Crippen molar-refractivity contribution in [3.8, 4) is 0 Å². The SMILES string of the molecule is O=C(O)CCNC(=O)c1ccc(C(=O)/C(=C\C(=O)c2ccc(C3CCCCC3)cc2)c2cc(Cl)cc(Cl)c2)cc1. The third-order valence-electron chi connectivity index (χ3n) is 7.00. The molecule has 6 nitrogen and oxygen atoms in total. The number of carbonyl (C=O) groups excluding carboxylic acids is 3. The van der Waals surface area contributed by atoms with Gasteiger partial charge in [-0.15, -0.1) is 0 Å². The minimum absolute atomic E-state index is 0.0129. The molecule has 1 amide bonds. The Kier molecular flexibility index (Phi) is 9.91. The summed E-state index contributed by atoms with van der Waals surface area (Å²) < 4.78 is 0.